The first-order valence-corrected chi connectivity index (χ1v) is 9.76. The quantitative estimate of drug-likeness (QED) is 0.780. The molecule has 1 amide bonds. The van der Waals surface area contributed by atoms with Gasteiger partial charge in [0, 0.05) is 31.9 Å². The topological polar surface area (TPSA) is 44.8 Å². The van der Waals surface area contributed by atoms with Crippen molar-refractivity contribution in [3.63, 3.8) is 0 Å². The van der Waals surface area contributed by atoms with Crippen molar-refractivity contribution in [2.45, 2.75) is 6.92 Å². The lowest BCUT2D eigenvalue weighted by molar-refractivity contribution is -0.117. The van der Waals surface area contributed by atoms with Crippen molar-refractivity contribution >= 4 is 40.5 Å². The Hall–Kier alpha value is -1.95. The monoisotopic (exact) mass is 407 g/mol. The van der Waals surface area contributed by atoms with Crippen molar-refractivity contribution in [2.24, 2.45) is 0 Å². The van der Waals surface area contributed by atoms with Crippen LogP contribution in [-0.4, -0.2) is 50.1 Å². The molecule has 1 saturated heterocycles. The number of ether oxygens (including phenoxy) is 1. The fourth-order valence-corrected chi connectivity index (χ4v) is 3.38. The molecule has 144 valence electrons. The highest BCUT2D eigenvalue weighted by Gasteiger charge is 2.20. The Labute approximate surface area is 169 Å². The minimum Gasteiger partial charge on any atom is -0.492 e. The summed E-state index contributed by atoms with van der Waals surface area (Å²) in [6.07, 6.45) is 0. The van der Waals surface area contributed by atoms with Crippen LogP contribution in [0.15, 0.2) is 42.5 Å². The maximum atomic E-state index is 12.4. The molecular weight excluding hydrogens is 385 g/mol. The highest BCUT2D eigenvalue weighted by molar-refractivity contribution is 6.42. The van der Waals surface area contributed by atoms with Gasteiger partial charge in [0.25, 0.3) is 0 Å². The number of carbonyl (C=O) groups excluding carboxylic acids is 1. The molecule has 27 heavy (non-hydrogen) atoms. The van der Waals surface area contributed by atoms with Crippen molar-refractivity contribution in [3.05, 3.63) is 52.5 Å². The summed E-state index contributed by atoms with van der Waals surface area (Å²) in [5, 5.41) is 4.07. The molecule has 0 spiro atoms. The summed E-state index contributed by atoms with van der Waals surface area (Å²) in [5.41, 5.74) is 1.76. The molecule has 0 radical (unpaired) electrons. The Balaban J connectivity index is 1.51. The van der Waals surface area contributed by atoms with Crippen molar-refractivity contribution in [1.29, 1.82) is 0 Å². The first kappa shape index (κ1) is 19.8. The van der Waals surface area contributed by atoms with Crippen LogP contribution in [0.2, 0.25) is 10.0 Å². The van der Waals surface area contributed by atoms with Gasteiger partial charge in [0.1, 0.15) is 5.75 Å². The van der Waals surface area contributed by atoms with E-state index in [0.29, 0.717) is 34.6 Å². The Morgan fingerprint density at radius 1 is 1.07 bits per heavy atom. The standard InChI is InChI=1S/C20H23Cl2N3O2/c1-2-27-19-6-4-3-5-18(19)23-20(26)14-24-9-11-25(12-10-24)15-7-8-16(21)17(22)13-15/h3-8,13H,2,9-12,14H2,1H3,(H,23,26). The fourth-order valence-electron chi connectivity index (χ4n) is 3.09. The summed E-state index contributed by atoms with van der Waals surface area (Å²) in [6, 6.07) is 13.2. The number of rotatable bonds is 6. The second-order valence-corrected chi connectivity index (χ2v) is 7.15. The van der Waals surface area contributed by atoms with Gasteiger partial charge in [0.15, 0.2) is 0 Å². The number of piperazine rings is 1. The van der Waals surface area contributed by atoms with E-state index in [1.165, 1.54) is 0 Å². The van der Waals surface area contributed by atoms with Crippen LogP contribution in [-0.2, 0) is 4.79 Å². The Bertz CT molecular complexity index is 793. The summed E-state index contributed by atoms with van der Waals surface area (Å²) in [6.45, 7) is 6.12. The number of para-hydroxylation sites is 2. The second-order valence-electron chi connectivity index (χ2n) is 6.34. The fraction of sp³-hybridized carbons (Fsp3) is 0.350. The summed E-state index contributed by atoms with van der Waals surface area (Å²) < 4.78 is 5.55. The molecule has 2 aromatic carbocycles. The van der Waals surface area contributed by atoms with E-state index in [4.69, 9.17) is 27.9 Å². The zero-order valence-electron chi connectivity index (χ0n) is 15.3. The van der Waals surface area contributed by atoms with Gasteiger partial charge < -0.3 is 15.0 Å². The predicted octanol–water partition coefficient (Wildman–Crippen LogP) is 4.15. The largest absolute Gasteiger partial charge is 0.492 e. The van der Waals surface area contributed by atoms with E-state index in [9.17, 15) is 4.79 Å². The maximum Gasteiger partial charge on any atom is 0.238 e. The van der Waals surface area contributed by atoms with Crippen LogP contribution in [0.1, 0.15) is 6.92 Å². The lowest BCUT2D eigenvalue weighted by atomic mass is 10.2. The van der Waals surface area contributed by atoms with Crippen molar-refractivity contribution in [1.82, 2.24) is 4.90 Å². The van der Waals surface area contributed by atoms with E-state index >= 15 is 0 Å². The minimum absolute atomic E-state index is 0.0369. The van der Waals surface area contributed by atoms with Gasteiger partial charge in [0.2, 0.25) is 5.91 Å². The highest BCUT2D eigenvalue weighted by atomic mass is 35.5. The molecule has 0 unspecified atom stereocenters. The van der Waals surface area contributed by atoms with Crippen molar-refractivity contribution < 1.29 is 9.53 Å². The van der Waals surface area contributed by atoms with Crippen LogP contribution >= 0.6 is 23.2 Å². The number of hydrogen-bond donors (Lipinski definition) is 1. The molecule has 7 heteroatoms. The smallest absolute Gasteiger partial charge is 0.238 e. The molecule has 2 aromatic rings. The number of anilines is 2. The Morgan fingerprint density at radius 2 is 1.81 bits per heavy atom. The average Bonchev–Trinajstić information content (AvgIpc) is 2.66. The van der Waals surface area contributed by atoms with Gasteiger partial charge in [-0.2, -0.15) is 0 Å². The van der Waals surface area contributed by atoms with Gasteiger partial charge >= 0.3 is 0 Å². The normalized spacial score (nSPS) is 14.9. The zero-order chi connectivity index (χ0) is 19.2. The summed E-state index contributed by atoms with van der Waals surface area (Å²) in [5.74, 6) is 0.655. The average molecular weight is 408 g/mol. The molecule has 0 aromatic heterocycles. The van der Waals surface area contributed by atoms with E-state index in [1.54, 1.807) is 0 Å². The number of hydrogen-bond acceptors (Lipinski definition) is 4. The predicted molar refractivity (Wildman–Crippen MR) is 111 cm³/mol. The van der Waals surface area contributed by atoms with E-state index in [2.05, 4.69) is 15.1 Å². The highest BCUT2D eigenvalue weighted by Crippen LogP contribution is 2.28. The molecule has 1 aliphatic heterocycles. The first-order valence-electron chi connectivity index (χ1n) is 9.01. The molecule has 0 bridgehead atoms. The van der Waals surface area contributed by atoms with E-state index in [1.807, 2.05) is 49.4 Å². The molecule has 1 aliphatic rings. The van der Waals surface area contributed by atoms with Crippen LogP contribution in [0.3, 0.4) is 0 Å². The van der Waals surface area contributed by atoms with E-state index in [0.717, 1.165) is 31.9 Å². The van der Waals surface area contributed by atoms with Gasteiger partial charge in [-0.05, 0) is 37.3 Å². The van der Waals surface area contributed by atoms with Gasteiger partial charge in [-0.3, -0.25) is 9.69 Å². The number of carbonyl (C=O) groups is 1. The van der Waals surface area contributed by atoms with E-state index < -0.39 is 0 Å². The number of benzene rings is 2. The molecule has 0 saturated carbocycles. The molecule has 1 fully saturated rings. The molecule has 3 rings (SSSR count). The van der Waals surface area contributed by atoms with Crippen LogP contribution in [0.4, 0.5) is 11.4 Å². The molecule has 0 aliphatic carbocycles. The number of nitrogens with zero attached hydrogens (tertiary/aromatic N) is 2. The Morgan fingerprint density at radius 3 is 2.52 bits per heavy atom. The van der Waals surface area contributed by atoms with Crippen LogP contribution in [0.5, 0.6) is 5.75 Å². The minimum atomic E-state index is -0.0369. The number of amides is 1. The van der Waals surface area contributed by atoms with Gasteiger partial charge in [-0.15, -0.1) is 0 Å². The van der Waals surface area contributed by atoms with Crippen LogP contribution < -0.4 is 15.0 Å². The molecular formula is C20H23Cl2N3O2. The summed E-state index contributed by atoms with van der Waals surface area (Å²) in [7, 11) is 0. The van der Waals surface area contributed by atoms with E-state index in [-0.39, 0.29) is 5.91 Å². The third kappa shape index (κ3) is 5.28. The zero-order valence-corrected chi connectivity index (χ0v) is 16.8. The van der Waals surface area contributed by atoms with Crippen LogP contribution in [0, 0.1) is 0 Å². The second kappa shape index (κ2) is 9.31. The number of nitrogens with one attached hydrogen (secondary N) is 1. The lowest BCUT2D eigenvalue weighted by Gasteiger charge is -2.35. The SMILES string of the molecule is CCOc1ccccc1NC(=O)CN1CCN(c2ccc(Cl)c(Cl)c2)CC1. The Kier molecular flexibility index (Phi) is 6.83. The molecule has 1 heterocycles. The van der Waals surface area contributed by atoms with Crippen LogP contribution in [0.25, 0.3) is 0 Å². The maximum absolute atomic E-state index is 12.4. The third-order valence-electron chi connectivity index (χ3n) is 4.47. The molecule has 1 N–H and O–H groups in total. The number of halogens is 2. The van der Waals surface area contributed by atoms with Crippen molar-refractivity contribution in [3.8, 4) is 5.75 Å². The summed E-state index contributed by atoms with van der Waals surface area (Å²) in [4.78, 5) is 16.8. The van der Waals surface area contributed by atoms with Crippen molar-refractivity contribution in [2.75, 3.05) is 49.5 Å². The first-order chi connectivity index (χ1) is 13.1. The van der Waals surface area contributed by atoms with Gasteiger partial charge in [-0.1, -0.05) is 35.3 Å². The third-order valence-corrected chi connectivity index (χ3v) is 5.21. The van der Waals surface area contributed by atoms with Gasteiger partial charge in [0.05, 0.1) is 28.9 Å². The molecule has 5 nitrogen and oxygen atoms in total. The summed E-state index contributed by atoms with van der Waals surface area (Å²) >= 11 is 12.1. The molecule has 0 atom stereocenters. The van der Waals surface area contributed by atoms with Gasteiger partial charge in [-0.25, -0.2) is 0 Å². The lowest BCUT2D eigenvalue weighted by Crippen LogP contribution is -2.48.